The zero-order valence-electron chi connectivity index (χ0n) is 13.7. The molecule has 0 saturated heterocycles. The number of aromatic hydroxyl groups is 1. The Morgan fingerprint density at radius 2 is 1.75 bits per heavy atom. The highest BCUT2D eigenvalue weighted by Crippen LogP contribution is 2.36. The monoisotopic (exact) mass is 606 g/mol. The van der Waals surface area contributed by atoms with E-state index in [-0.39, 0.29) is 5.75 Å². The highest BCUT2D eigenvalue weighted by molar-refractivity contribution is 9.11. The van der Waals surface area contributed by atoms with Crippen molar-refractivity contribution in [3.05, 3.63) is 72.2 Å². The molecule has 0 aliphatic rings. The molecular weight excluding hydrogens is 599 g/mol. The predicted octanol–water partition coefficient (Wildman–Crippen LogP) is 6.84. The van der Waals surface area contributed by atoms with E-state index in [2.05, 4.69) is 58.3 Å². The summed E-state index contributed by atoms with van der Waals surface area (Å²) in [6.07, 6.45) is 1.40. The fraction of sp³-hybridized carbons (Fsp3) is 0. The highest BCUT2D eigenvalue weighted by Gasteiger charge is 2.12. The zero-order valence-corrected chi connectivity index (χ0v) is 20.1. The van der Waals surface area contributed by atoms with E-state index in [1.165, 1.54) is 30.1 Å². The maximum absolute atomic E-state index is 12.2. The SMILES string of the molecule is O=C(N/N=C/c1cc(Br)c(Sc2ccc(Cl)cc2)o1)c1cc(Br)c(O)c(Br)c1. The minimum absolute atomic E-state index is 0.0196. The largest absolute Gasteiger partial charge is 0.506 e. The van der Waals surface area contributed by atoms with Gasteiger partial charge in [-0.05, 0) is 84.2 Å². The molecule has 0 spiro atoms. The van der Waals surface area contributed by atoms with Crippen LogP contribution in [0.3, 0.4) is 0 Å². The van der Waals surface area contributed by atoms with Gasteiger partial charge in [-0.25, -0.2) is 5.43 Å². The van der Waals surface area contributed by atoms with Crippen molar-refractivity contribution in [2.45, 2.75) is 9.99 Å². The summed E-state index contributed by atoms with van der Waals surface area (Å²) in [6, 6.07) is 12.1. The lowest BCUT2D eigenvalue weighted by Gasteiger charge is -2.04. The number of benzene rings is 2. The van der Waals surface area contributed by atoms with Gasteiger partial charge in [-0.3, -0.25) is 4.79 Å². The first-order valence-corrected chi connectivity index (χ1v) is 11.1. The van der Waals surface area contributed by atoms with Crippen LogP contribution in [0.25, 0.3) is 0 Å². The van der Waals surface area contributed by atoms with Crippen LogP contribution in [0.4, 0.5) is 0 Å². The fourth-order valence-corrected chi connectivity index (χ4v) is 4.67. The third kappa shape index (κ3) is 5.42. The highest BCUT2D eigenvalue weighted by atomic mass is 79.9. The molecule has 1 aromatic heterocycles. The lowest BCUT2D eigenvalue weighted by atomic mass is 10.2. The molecular formula is C18H10Br3ClN2O3S. The molecule has 2 N–H and O–H groups in total. The van der Waals surface area contributed by atoms with E-state index in [1.54, 1.807) is 18.2 Å². The number of hydrogen-bond acceptors (Lipinski definition) is 5. The number of nitrogens with zero attached hydrogens (tertiary/aromatic N) is 1. The Kier molecular flexibility index (Phi) is 7.27. The fourth-order valence-electron chi connectivity index (χ4n) is 2.03. The van der Waals surface area contributed by atoms with Crippen molar-refractivity contribution in [1.82, 2.24) is 5.43 Å². The van der Waals surface area contributed by atoms with Crippen LogP contribution in [-0.2, 0) is 0 Å². The van der Waals surface area contributed by atoms with Gasteiger partial charge in [-0.15, -0.1) is 0 Å². The first-order valence-electron chi connectivity index (χ1n) is 7.57. The van der Waals surface area contributed by atoms with Crippen molar-refractivity contribution >= 4 is 83.3 Å². The summed E-state index contributed by atoms with van der Waals surface area (Å²) in [6.45, 7) is 0. The molecule has 28 heavy (non-hydrogen) atoms. The third-order valence-electron chi connectivity index (χ3n) is 3.34. The van der Waals surface area contributed by atoms with Crippen molar-refractivity contribution in [2.24, 2.45) is 5.10 Å². The van der Waals surface area contributed by atoms with Crippen LogP contribution < -0.4 is 5.43 Å². The Balaban J connectivity index is 1.66. The minimum atomic E-state index is -0.431. The normalized spacial score (nSPS) is 11.1. The Labute approximate surface area is 194 Å². The number of hydrogen-bond donors (Lipinski definition) is 2. The molecule has 0 aliphatic carbocycles. The minimum Gasteiger partial charge on any atom is -0.506 e. The van der Waals surface area contributed by atoms with Gasteiger partial charge in [0.05, 0.1) is 19.6 Å². The van der Waals surface area contributed by atoms with Crippen LogP contribution in [-0.4, -0.2) is 17.2 Å². The number of nitrogens with one attached hydrogen (secondary N) is 1. The van der Waals surface area contributed by atoms with Crippen LogP contribution in [0.2, 0.25) is 5.02 Å². The zero-order chi connectivity index (χ0) is 20.3. The second-order valence-corrected chi connectivity index (χ2v) is 9.37. The van der Waals surface area contributed by atoms with Gasteiger partial charge in [0, 0.05) is 21.5 Å². The molecule has 3 aromatic rings. The summed E-state index contributed by atoms with van der Waals surface area (Å²) >= 11 is 17.1. The van der Waals surface area contributed by atoms with E-state index >= 15 is 0 Å². The summed E-state index contributed by atoms with van der Waals surface area (Å²) in [5.74, 6) is 0.0574. The van der Waals surface area contributed by atoms with E-state index in [4.69, 9.17) is 16.0 Å². The molecule has 5 nitrogen and oxygen atoms in total. The molecule has 1 amide bonds. The second kappa shape index (κ2) is 9.49. The topological polar surface area (TPSA) is 74.8 Å². The molecule has 0 radical (unpaired) electrons. The van der Waals surface area contributed by atoms with Crippen LogP contribution in [0.1, 0.15) is 16.1 Å². The standard InChI is InChI=1S/C18H10Br3ClN2O3S/c19-13-5-9(6-14(20)16(13)25)17(26)24-23-8-11-7-15(21)18(27-11)28-12-3-1-10(22)2-4-12/h1-8,25H,(H,24,26)/b23-8+. The number of carbonyl (C=O) groups excluding carboxylic acids is 1. The van der Waals surface area contributed by atoms with Crippen LogP contribution in [0.5, 0.6) is 5.75 Å². The summed E-state index contributed by atoms with van der Waals surface area (Å²) < 4.78 is 7.29. The van der Waals surface area contributed by atoms with Crippen LogP contribution in [0.15, 0.2) is 75.4 Å². The van der Waals surface area contributed by atoms with Crippen LogP contribution in [0, 0.1) is 0 Å². The average Bonchev–Trinajstić information content (AvgIpc) is 3.00. The summed E-state index contributed by atoms with van der Waals surface area (Å²) in [4.78, 5) is 13.2. The van der Waals surface area contributed by atoms with E-state index in [0.717, 1.165) is 9.37 Å². The van der Waals surface area contributed by atoms with E-state index < -0.39 is 5.91 Å². The van der Waals surface area contributed by atoms with Crippen molar-refractivity contribution < 1.29 is 14.3 Å². The van der Waals surface area contributed by atoms with Gasteiger partial charge in [0.15, 0.2) is 5.09 Å². The molecule has 0 unspecified atom stereocenters. The number of hydrazone groups is 1. The molecule has 0 atom stereocenters. The maximum atomic E-state index is 12.2. The third-order valence-corrected chi connectivity index (χ3v) is 6.64. The quantitative estimate of drug-likeness (QED) is 0.246. The number of carbonyl (C=O) groups is 1. The number of phenols is 1. The number of furan rings is 1. The Hall–Kier alpha value is -1.26. The first-order chi connectivity index (χ1) is 13.3. The molecule has 0 bridgehead atoms. The smallest absolute Gasteiger partial charge is 0.271 e. The number of amides is 1. The van der Waals surface area contributed by atoms with Gasteiger partial charge in [-0.1, -0.05) is 23.4 Å². The van der Waals surface area contributed by atoms with Crippen molar-refractivity contribution in [2.75, 3.05) is 0 Å². The molecule has 0 fully saturated rings. The van der Waals surface area contributed by atoms with E-state index in [1.807, 2.05) is 12.1 Å². The first kappa shape index (κ1) is 21.4. The van der Waals surface area contributed by atoms with Crippen molar-refractivity contribution in [3.63, 3.8) is 0 Å². The molecule has 0 aliphatic heterocycles. The van der Waals surface area contributed by atoms with Gasteiger partial charge < -0.3 is 9.52 Å². The maximum Gasteiger partial charge on any atom is 0.271 e. The van der Waals surface area contributed by atoms with E-state index in [0.29, 0.717) is 30.4 Å². The number of rotatable bonds is 5. The Morgan fingerprint density at radius 3 is 2.39 bits per heavy atom. The molecule has 2 aromatic carbocycles. The summed E-state index contributed by atoms with van der Waals surface area (Å²) in [5, 5.41) is 14.9. The van der Waals surface area contributed by atoms with Gasteiger partial charge in [0.25, 0.3) is 5.91 Å². The number of halogens is 4. The van der Waals surface area contributed by atoms with Gasteiger partial charge >= 0.3 is 0 Å². The predicted molar refractivity (Wildman–Crippen MR) is 121 cm³/mol. The molecule has 144 valence electrons. The van der Waals surface area contributed by atoms with Gasteiger partial charge in [0.2, 0.25) is 0 Å². The van der Waals surface area contributed by atoms with Gasteiger partial charge in [0.1, 0.15) is 11.5 Å². The average molecular weight is 610 g/mol. The van der Waals surface area contributed by atoms with Crippen molar-refractivity contribution in [1.29, 1.82) is 0 Å². The van der Waals surface area contributed by atoms with Crippen LogP contribution >= 0.6 is 71.2 Å². The van der Waals surface area contributed by atoms with E-state index in [9.17, 15) is 9.90 Å². The Morgan fingerprint density at radius 1 is 1.11 bits per heavy atom. The summed E-state index contributed by atoms with van der Waals surface area (Å²) in [7, 11) is 0. The lowest BCUT2D eigenvalue weighted by molar-refractivity contribution is 0.0955. The molecule has 1 heterocycles. The molecule has 3 rings (SSSR count). The second-order valence-electron chi connectivity index (χ2n) is 5.33. The summed E-state index contributed by atoms with van der Waals surface area (Å²) in [5.41, 5.74) is 2.74. The number of phenolic OH excluding ortho intramolecular Hbond substituents is 1. The molecule has 10 heteroatoms. The van der Waals surface area contributed by atoms with Crippen molar-refractivity contribution in [3.8, 4) is 5.75 Å². The Bertz CT molecular complexity index is 1030. The lowest BCUT2D eigenvalue weighted by Crippen LogP contribution is -2.17. The molecule has 0 saturated carbocycles. The van der Waals surface area contributed by atoms with Gasteiger partial charge in [-0.2, -0.15) is 5.10 Å².